The van der Waals surface area contributed by atoms with E-state index in [0.717, 1.165) is 51.4 Å². The van der Waals surface area contributed by atoms with Crippen LogP contribution in [-0.2, 0) is 19.1 Å². The molecular formula is C41H74O5. The lowest BCUT2D eigenvalue weighted by Crippen LogP contribution is -2.28. The summed E-state index contributed by atoms with van der Waals surface area (Å²) in [6, 6.07) is 0. The summed E-state index contributed by atoms with van der Waals surface area (Å²) in [6.07, 6.45) is 44.8. The third-order valence-electron chi connectivity index (χ3n) is 8.41. The topological polar surface area (TPSA) is 72.8 Å². The van der Waals surface area contributed by atoms with E-state index in [4.69, 9.17) is 9.47 Å². The Hall–Kier alpha value is -1.88. The summed E-state index contributed by atoms with van der Waals surface area (Å²) in [5.74, 6) is -0.604. The Morgan fingerprint density at radius 2 is 0.870 bits per heavy atom. The van der Waals surface area contributed by atoms with Crippen molar-refractivity contribution in [2.24, 2.45) is 0 Å². The van der Waals surface area contributed by atoms with Crippen molar-refractivity contribution in [1.29, 1.82) is 0 Å². The summed E-state index contributed by atoms with van der Waals surface area (Å²) in [5, 5.41) is 9.54. The number of hydrogen-bond acceptors (Lipinski definition) is 5. The molecule has 0 aliphatic rings. The molecule has 5 heteroatoms. The molecule has 0 unspecified atom stereocenters. The summed E-state index contributed by atoms with van der Waals surface area (Å²) in [6.45, 7) is 4.08. The fraction of sp³-hybridized carbons (Fsp3) is 0.805. The van der Waals surface area contributed by atoms with Crippen molar-refractivity contribution in [3.05, 3.63) is 36.5 Å². The molecule has 0 aromatic heterocycles. The van der Waals surface area contributed by atoms with Crippen molar-refractivity contribution in [3.8, 4) is 0 Å². The van der Waals surface area contributed by atoms with Crippen molar-refractivity contribution in [2.75, 3.05) is 13.2 Å². The number of hydrogen-bond donors (Lipinski definition) is 1. The first-order valence-corrected chi connectivity index (χ1v) is 19.5. The molecule has 0 saturated carbocycles. The summed E-state index contributed by atoms with van der Waals surface area (Å²) in [7, 11) is 0. The molecule has 0 radical (unpaired) electrons. The van der Waals surface area contributed by atoms with E-state index in [0.29, 0.717) is 12.8 Å². The standard InChI is InChI=1S/C41H74O5/c1-3-5-7-9-11-13-15-17-18-19-20-21-22-24-26-28-30-32-34-36-41(44)46-39(37-42)38-45-40(43)35-33-31-29-27-25-23-16-14-12-10-8-6-4-2/h11,13-14,16-18,39,42H,3-10,12,15,19-38H2,1-2H3/t39-/m0/s1. The van der Waals surface area contributed by atoms with Gasteiger partial charge in [0.1, 0.15) is 6.61 Å². The van der Waals surface area contributed by atoms with Crippen LogP contribution in [0.5, 0.6) is 0 Å². The van der Waals surface area contributed by atoms with Crippen LogP contribution in [-0.4, -0.2) is 36.4 Å². The third-order valence-corrected chi connectivity index (χ3v) is 8.41. The molecular weight excluding hydrogens is 572 g/mol. The maximum Gasteiger partial charge on any atom is 0.306 e. The van der Waals surface area contributed by atoms with Crippen LogP contribution in [0.3, 0.4) is 0 Å². The Kier molecular flexibility index (Phi) is 36.0. The summed E-state index contributed by atoms with van der Waals surface area (Å²) < 4.78 is 10.6. The van der Waals surface area contributed by atoms with Crippen LogP contribution in [0, 0.1) is 0 Å². The molecule has 1 N–H and O–H groups in total. The first-order chi connectivity index (χ1) is 22.6. The number of unbranched alkanes of at least 4 members (excludes halogenated alkanes) is 21. The maximum atomic E-state index is 12.2. The Morgan fingerprint density at radius 3 is 1.35 bits per heavy atom. The van der Waals surface area contributed by atoms with Gasteiger partial charge in [-0.1, -0.05) is 147 Å². The van der Waals surface area contributed by atoms with Crippen molar-refractivity contribution < 1.29 is 24.2 Å². The fourth-order valence-electron chi connectivity index (χ4n) is 5.40. The lowest BCUT2D eigenvalue weighted by molar-refractivity contribution is -0.161. The number of esters is 2. The first kappa shape index (κ1) is 44.1. The Bertz CT molecular complexity index is 741. The second-order valence-corrected chi connectivity index (χ2v) is 13.0. The lowest BCUT2D eigenvalue weighted by Gasteiger charge is -2.15. The van der Waals surface area contributed by atoms with Crippen molar-refractivity contribution in [1.82, 2.24) is 0 Å². The van der Waals surface area contributed by atoms with Gasteiger partial charge in [0.15, 0.2) is 6.10 Å². The average molecular weight is 647 g/mol. The molecule has 268 valence electrons. The number of ether oxygens (including phenoxy) is 2. The number of carbonyl (C=O) groups is 2. The number of carbonyl (C=O) groups excluding carboxylic acids is 2. The molecule has 46 heavy (non-hydrogen) atoms. The van der Waals surface area contributed by atoms with E-state index in [1.165, 1.54) is 116 Å². The number of aliphatic hydroxyl groups excluding tert-OH is 1. The van der Waals surface area contributed by atoms with Crippen molar-refractivity contribution in [2.45, 2.75) is 200 Å². The molecule has 0 aliphatic heterocycles. The molecule has 0 aromatic rings. The predicted octanol–water partition coefficient (Wildman–Crippen LogP) is 12.1. The van der Waals surface area contributed by atoms with Gasteiger partial charge in [0.05, 0.1) is 6.61 Å². The molecule has 0 spiro atoms. The zero-order chi connectivity index (χ0) is 33.6. The van der Waals surface area contributed by atoms with Gasteiger partial charge in [0, 0.05) is 12.8 Å². The molecule has 0 bridgehead atoms. The highest BCUT2D eigenvalue weighted by Gasteiger charge is 2.16. The van der Waals surface area contributed by atoms with E-state index >= 15 is 0 Å². The largest absolute Gasteiger partial charge is 0.462 e. The maximum absolute atomic E-state index is 12.2. The molecule has 0 saturated heterocycles. The van der Waals surface area contributed by atoms with Crippen molar-refractivity contribution >= 4 is 11.9 Å². The number of aliphatic hydroxyl groups is 1. The van der Waals surface area contributed by atoms with Gasteiger partial charge < -0.3 is 14.6 Å². The molecule has 0 aliphatic carbocycles. The summed E-state index contributed by atoms with van der Waals surface area (Å²) >= 11 is 0. The van der Waals surface area contributed by atoms with Crippen LogP contribution in [0.4, 0.5) is 0 Å². The number of rotatable bonds is 35. The minimum Gasteiger partial charge on any atom is -0.462 e. The molecule has 0 rings (SSSR count). The van der Waals surface area contributed by atoms with Gasteiger partial charge in [-0.25, -0.2) is 0 Å². The molecule has 0 amide bonds. The zero-order valence-electron chi connectivity index (χ0n) is 30.3. The van der Waals surface area contributed by atoms with Crippen LogP contribution >= 0.6 is 0 Å². The second-order valence-electron chi connectivity index (χ2n) is 13.0. The van der Waals surface area contributed by atoms with E-state index in [-0.39, 0.29) is 25.2 Å². The van der Waals surface area contributed by atoms with E-state index in [2.05, 4.69) is 50.3 Å². The van der Waals surface area contributed by atoms with Gasteiger partial charge >= 0.3 is 11.9 Å². The Labute approximate surface area is 285 Å². The van der Waals surface area contributed by atoms with Gasteiger partial charge in [0.2, 0.25) is 0 Å². The predicted molar refractivity (Wildman–Crippen MR) is 196 cm³/mol. The van der Waals surface area contributed by atoms with Crippen LogP contribution in [0.2, 0.25) is 0 Å². The smallest absolute Gasteiger partial charge is 0.306 e. The zero-order valence-corrected chi connectivity index (χ0v) is 30.3. The Morgan fingerprint density at radius 1 is 0.500 bits per heavy atom. The third kappa shape index (κ3) is 35.0. The minimum atomic E-state index is -0.774. The SMILES string of the molecule is CCCCCC=CCC=CCCCCCCCCCCCC(=O)O[C@@H](CO)COC(=O)CCCCCCCC=CCCCCCC. The lowest BCUT2D eigenvalue weighted by atomic mass is 10.1. The average Bonchev–Trinajstić information content (AvgIpc) is 3.06. The van der Waals surface area contributed by atoms with Crippen LogP contribution < -0.4 is 0 Å². The monoisotopic (exact) mass is 647 g/mol. The molecule has 5 nitrogen and oxygen atoms in total. The van der Waals surface area contributed by atoms with E-state index in [1.807, 2.05) is 0 Å². The normalized spacial score (nSPS) is 12.5. The van der Waals surface area contributed by atoms with E-state index < -0.39 is 6.10 Å². The van der Waals surface area contributed by atoms with Crippen LogP contribution in [0.25, 0.3) is 0 Å². The Balaban J connectivity index is 3.56. The van der Waals surface area contributed by atoms with E-state index in [9.17, 15) is 14.7 Å². The summed E-state index contributed by atoms with van der Waals surface area (Å²) in [5.41, 5.74) is 0. The van der Waals surface area contributed by atoms with Gasteiger partial charge in [-0.3, -0.25) is 9.59 Å². The molecule has 0 fully saturated rings. The second kappa shape index (κ2) is 37.6. The van der Waals surface area contributed by atoms with E-state index in [1.54, 1.807) is 0 Å². The number of allylic oxidation sites excluding steroid dienone is 6. The quantitative estimate of drug-likeness (QED) is 0.0421. The fourth-order valence-corrected chi connectivity index (χ4v) is 5.40. The first-order valence-electron chi connectivity index (χ1n) is 19.5. The summed E-state index contributed by atoms with van der Waals surface area (Å²) in [4.78, 5) is 24.2. The van der Waals surface area contributed by atoms with Crippen molar-refractivity contribution in [3.63, 3.8) is 0 Å². The molecule has 1 atom stereocenters. The molecule has 0 aromatic carbocycles. The van der Waals surface area contributed by atoms with Gasteiger partial charge in [-0.05, 0) is 70.6 Å². The van der Waals surface area contributed by atoms with Crippen LogP contribution in [0.1, 0.15) is 194 Å². The molecule has 0 heterocycles. The van der Waals surface area contributed by atoms with Gasteiger partial charge in [-0.15, -0.1) is 0 Å². The highest BCUT2D eigenvalue weighted by molar-refractivity contribution is 5.70. The van der Waals surface area contributed by atoms with Gasteiger partial charge in [0.25, 0.3) is 0 Å². The highest BCUT2D eigenvalue weighted by Crippen LogP contribution is 2.13. The highest BCUT2D eigenvalue weighted by atomic mass is 16.6. The minimum absolute atomic E-state index is 0.0708. The van der Waals surface area contributed by atoms with Gasteiger partial charge in [-0.2, -0.15) is 0 Å². The van der Waals surface area contributed by atoms with Crippen LogP contribution in [0.15, 0.2) is 36.5 Å².